The van der Waals surface area contributed by atoms with Crippen molar-refractivity contribution in [2.75, 3.05) is 33.9 Å². The van der Waals surface area contributed by atoms with Gasteiger partial charge in [0.2, 0.25) is 0 Å². The fourth-order valence-electron chi connectivity index (χ4n) is 3.58. The number of benzene rings is 2. The van der Waals surface area contributed by atoms with Crippen LogP contribution in [-0.2, 0) is 9.59 Å². The van der Waals surface area contributed by atoms with Crippen LogP contribution in [0, 0.1) is 0 Å². The van der Waals surface area contributed by atoms with E-state index in [1.807, 2.05) is 19.1 Å². The SMILES string of the molecule is CCOc1cc(C=C2C(=O)N(C)C(=O)N(C)C2=O)ccc1OCCOc1ccc([C@@H](C)CC)cc1. The topological polar surface area (TPSA) is 85.4 Å². The third-order valence-electron chi connectivity index (χ3n) is 5.89. The highest BCUT2D eigenvalue weighted by molar-refractivity contribution is 6.30. The summed E-state index contributed by atoms with van der Waals surface area (Å²) < 4.78 is 17.3. The first kappa shape index (κ1) is 25.8. The standard InChI is InChI=1S/C27H32N2O6/c1-6-18(3)20-9-11-21(12-10-20)34-14-15-35-23-13-8-19(17-24(23)33-7-2)16-22-25(30)28(4)27(32)29(5)26(22)31/h8-13,16-18H,6-7,14-15H2,1-5H3/t18-/m0/s1. The third-order valence-corrected chi connectivity index (χ3v) is 5.89. The third kappa shape index (κ3) is 6.01. The molecule has 0 aliphatic carbocycles. The zero-order chi connectivity index (χ0) is 25.5. The molecule has 0 saturated carbocycles. The minimum Gasteiger partial charge on any atom is -0.490 e. The molecule has 1 atom stereocenters. The highest BCUT2D eigenvalue weighted by atomic mass is 16.5. The number of ether oxygens (including phenoxy) is 3. The number of hydrogen-bond acceptors (Lipinski definition) is 6. The van der Waals surface area contributed by atoms with Gasteiger partial charge in [-0.25, -0.2) is 4.79 Å². The van der Waals surface area contributed by atoms with E-state index in [1.165, 1.54) is 25.7 Å². The number of nitrogens with zero attached hydrogens (tertiary/aromatic N) is 2. The Labute approximate surface area is 206 Å². The molecule has 35 heavy (non-hydrogen) atoms. The van der Waals surface area contributed by atoms with Gasteiger partial charge in [0.05, 0.1) is 6.61 Å². The summed E-state index contributed by atoms with van der Waals surface area (Å²) in [5.74, 6) is 1.00. The van der Waals surface area contributed by atoms with E-state index in [9.17, 15) is 14.4 Å². The minimum atomic E-state index is -0.662. The molecule has 1 saturated heterocycles. The summed E-state index contributed by atoms with van der Waals surface area (Å²) in [6.45, 7) is 7.29. The van der Waals surface area contributed by atoms with Crippen molar-refractivity contribution in [2.24, 2.45) is 0 Å². The van der Waals surface area contributed by atoms with Gasteiger partial charge in [0, 0.05) is 14.1 Å². The molecule has 186 valence electrons. The van der Waals surface area contributed by atoms with E-state index in [-0.39, 0.29) is 5.57 Å². The van der Waals surface area contributed by atoms with Crippen LogP contribution in [0.2, 0.25) is 0 Å². The molecule has 1 heterocycles. The molecule has 1 aliphatic rings. The van der Waals surface area contributed by atoms with Gasteiger partial charge in [-0.3, -0.25) is 19.4 Å². The van der Waals surface area contributed by atoms with Crippen molar-refractivity contribution in [1.82, 2.24) is 9.80 Å². The van der Waals surface area contributed by atoms with Gasteiger partial charge in [-0.1, -0.05) is 32.0 Å². The number of urea groups is 1. The summed E-state index contributed by atoms with van der Waals surface area (Å²) >= 11 is 0. The Balaban J connectivity index is 1.66. The molecule has 2 aromatic rings. The van der Waals surface area contributed by atoms with Crippen molar-refractivity contribution < 1.29 is 28.6 Å². The molecule has 1 aliphatic heterocycles. The van der Waals surface area contributed by atoms with Crippen LogP contribution in [0.4, 0.5) is 4.79 Å². The average molecular weight is 481 g/mol. The van der Waals surface area contributed by atoms with Crippen molar-refractivity contribution >= 4 is 23.9 Å². The normalized spacial score (nSPS) is 14.8. The molecule has 0 aromatic heterocycles. The molecule has 0 bridgehead atoms. The lowest BCUT2D eigenvalue weighted by molar-refractivity contribution is -0.134. The lowest BCUT2D eigenvalue weighted by atomic mass is 9.99. The quantitative estimate of drug-likeness (QED) is 0.283. The highest BCUT2D eigenvalue weighted by Gasteiger charge is 2.37. The lowest BCUT2D eigenvalue weighted by Gasteiger charge is -2.28. The van der Waals surface area contributed by atoms with Gasteiger partial charge in [-0.05, 0) is 60.7 Å². The summed E-state index contributed by atoms with van der Waals surface area (Å²) in [5, 5.41) is 0. The summed E-state index contributed by atoms with van der Waals surface area (Å²) in [6.07, 6.45) is 2.54. The molecule has 8 heteroatoms. The molecular formula is C27H32N2O6. The maximum absolute atomic E-state index is 12.5. The molecule has 2 aromatic carbocycles. The first-order valence-electron chi connectivity index (χ1n) is 11.7. The van der Waals surface area contributed by atoms with Gasteiger partial charge in [-0.2, -0.15) is 0 Å². The summed E-state index contributed by atoms with van der Waals surface area (Å²) in [5.41, 5.74) is 1.76. The van der Waals surface area contributed by atoms with Crippen molar-refractivity contribution in [3.8, 4) is 17.2 Å². The predicted molar refractivity (Wildman–Crippen MR) is 133 cm³/mol. The van der Waals surface area contributed by atoms with Crippen molar-refractivity contribution in [3.63, 3.8) is 0 Å². The smallest absolute Gasteiger partial charge is 0.333 e. The van der Waals surface area contributed by atoms with Crippen LogP contribution in [0.15, 0.2) is 48.0 Å². The zero-order valence-corrected chi connectivity index (χ0v) is 20.9. The molecule has 0 spiro atoms. The molecule has 1 fully saturated rings. The van der Waals surface area contributed by atoms with Gasteiger partial charge in [0.1, 0.15) is 24.5 Å². The second kappa shape index (κ2) is 11.6. The first-order valence-corrected chi connectivity index (χ1v) is 11.7. The van der Waals surface area contributed by atoms with E-state index in [1.54, 1.807) is 18.2 Å². The van der Waals surface area contributed by atoms with Crippen LogP contribution >= 0.6 is 0 Å². The second-order valence-corrected chi connectivity index (χ2v) is 8.28. The van der Waals surface area contributed by atoms with Crippen LogP contribution < -0.4 is 14.2 Å². The number of hydrogen-bond donors (Lipinski definition) is 0. The monoisotopic (exact) mass is 480 g/mol. The summed E-state index contributed by atoms with van der Waals surface area (Å²) in [6, 6.07) is 12.6. The predicted octanol–water partition coefficient (Wildman–Crippen LogP) is 4.49. The molecule has 0 radical (unpaired) electrons. The van der Waals surface area contributed by atoms with Crippen LogP contribution in [0.1, 0.15) is 44.2 Å². The molecule has 0 unspecified atom stereocenters. The van der Waals surface area contributed by atoms with Crippen LogP contribution in [-0.4, -0.2) is 61.6 Å². The number of carbonyl (C=O) groups excluding carboxylic acids is 3. The lowest BCUT2D eigenvalue weighted by Crippen LogP contribution is -2.52. The van der Waals surface area contributed by atoms with Crippen molar-refractivity contribution in [2.45, 2.75) is 33.1 Å². The number of barbiturate groups is 1. The Morgan fingerprint density at radius 1 is 0.829 bits per heavy atom. The molecule has 4 amide bonds. The first-order chi connectivity index (χ1) is 16.8. The largest absolute Gasteiger partial charge is 0.490 e. The Morgan fingerprint density at radius 2 is 1.46 bits per heavy atom. The van der Waals surface area contributed by atoms with Crippen LogP contribution in [0.25, 0.3) is 6.08 Å². The van der Waals surface area contributed by atoms with Crippen molar-refractivity contribution in [3.05, 3.63) is 59.2 Å². The van der Waals surface area contributed by atoms with E-state index in [0.29, 0.717) is 42.8 Å². The minimum absolute atomic E-state index is 0.0986. The summed E-state index contributed by atoms with van der Waals surface area (Å²) in [4.78, 5) is 38.7. The number of imide groups is 2. The fraction of sp³-hybridized carbons (Fsp3) is 0.370. The maximum atomic E-state index is 12.5. The van der Waals surface area contributed by atoms with E-state index in [0.717, 1.165) is 22.0 Å². The van der Waals surface area contributed by atoms with Gasteiger partial charge in [0.15, 0.2) is 11.5 Å². The van der Waals surface area contributed by atoms with E-state index >= 15 is 0 Å². The highest BCUT2D eigenvalue weighted by Crippen LogP contribution is 2.30. The molecule has 0 N–H and O–H groups in total. The van der Waals surface area contributed by atoms with E-state index < -0.39 is 17.8 Å². The van der Waals surface area contributed by atoms with E-state index in [4.69, 9.17) is 14.2 Å². The number of likely N-dealkylation sites (N-methyl/N-ethyl adjacent to an activating group) is 2. The van der Waals surface area contributed by atoms with Gasteiger partial charge >= 0.3 is 6.03 Å². The van der Waals surface area contributed by atoms with Gasteiger partial charge < -0.3 is 14.2 Å². The maximum Gasteiger partial charge on any atom is 0.333 e. The van der Waals surface area contributed by atoms with E-state index in [2.05, 4.69) is 26.0 Å². The molecular weight excluding hydrogens is 448 g/mol. The number of amides is 4. The molecule has 3 rings (SSSR count). The Kier molecular flexibility index (Phi) is 8.52. The summed E-state index contributed by atoms with van der Waals surface area (Å²) in [7, 11) is 2.68. The fourth-order valence-corrected chi connectivity index (χ4v) is 3.58. The number of carbonyl (C=O) groups is 3. The van der Waals surface area contributed by atoms with Crippen molar-refractivity contribution in [1.29, 1.82) is 0 Å². The Hall–Kier alpha value is -3.81. The zero-order valence-electron chi connectivity index (χ0n) is 20.9. The average Bonchev–Trinajstić information content (AvgIpc) is 2.87. The van der Waals surface area contributed by atoms with Gasteiger partial charge in [0.25, 0.3) is 11.8 Å². The Morgan fingerprint density at radius 3 is 2.06 bits per heavy atom. The van der Waals surface area contributed by atoms with Crippen LogP contribution in [0.3, 0.4) is 0 Å². The molecule has 8 nitrogen and oxygen atoms in total. The van der Waals surface area contributed by atoms with Gasteiger partial charge in [-0.15, -0.1) is 0 Å². The Bertz CT molecular complexity index is 1080. The number of rotatable bonds is 10. The van der Waals surface area contributed by atoms with Crippen LogP contribution in [0.5, 0.6) is 17.2 Å². The second-order valence-electron chi connectivity index (χ2n) is 8.28.